The number of nitrogens with two attached hydrogens (primary N) is 1. The van der Waals surface area contributed by atoms with E-state index in [4.69, 9.17) is 10.5 Å². The van der Waals surface area contributed by atoms with Crippen molar-refractivity contribution in [2.75, 3.05) is 6.61 Å². The van der Waals surface area contributed by atoms with Gasteiger partial charge in [-0.3, -0.25) is 0 Å². The average molecular weight is 195 g/mol. The lowest BCUT2D eigenvalue weighted by Crippen LogP contribution is -2.51. The first-order valence-corrected chi connectivity index (χ1v) is 6.13. The SMILES string of the molecule is CCC1CCC2(CC1)OCC1CC12N. The zero-order chi connectivity index (χ0) is 9.81. The Hall–Kier alpha value is -0.0800. The second kappa shape index (κ2) is 2.73. The van der Waals surface area contributed by atoms with E-state index >= 15 is 0 Å². The van der Waals surface area contributed by atoms with Crippen LogP contribution in [0.2, 0.25) is 0 Å². The number of hydrogen-bond acceptors (Lipinski definition) is 2. The summed E-state index contributed by atoms with van der Waals surface area (Å²) in [5.41, 5.74) is 6.61. The molecule has 3 fully saturated rings. The Morgan fingerprint density at radius 3 is 2.50 bits per heavy atom. The van der Waals surface area contributed by atoms with Gasteiger partial charge in [-0.25, -0.2) is 0 Å². The first-order chi connectivity index (χ1) is 6.70. The van der Waals surface area contributed by atoms with Gasteiger partial charge >= 0.3 is 0 Å². The molecule has 1 spiro atoms. The Labute approximate surface area is 86.2 Å². The van der Waals surface area contributed by atoms with Crippen molar-refractivity contribution >= 4 is 0 Å². The predicted molar refractivity (Wildman–Crippen MR) is 56.0 cm³/mol. The third-order valence-corrected chi connectivity index (χ3v) is 5.05. The van der Waals surface area contributed by atoms with Crippen molar-refractivity contribution in [1.82, 2.24) is 0 Å². The van der Waals surface area contributed by atoms with Crippen LogP contribution in [0.3, 0.4) is 0 Å². The zero-order valence-electron chi connectivity index (χ0n) is 9.09. The van der Waals surface area contributed by atoms with E-state index in [1.54, 1.807) is 0 Å². The Kier molecular flexibility index (Phi) is 1.79. The lowest BCUT2D eigenvalue weighted by Gasteiger charge is -2.41. The fourth-order valence-corrected chi connectivity index (χ4v) is 3.67. The summed E-state index contributed by atoms with van der Waals surface area (Å²) < 4.78 is 6.01. The van der Waals surface area contributed by atoms with Crippen molar-refractivity contribution in [3.8, 4) is 0 Å². The highest BCUT2D eigenvalue weighted by Gasteiger charge is 2.69. The van der Waals surface area contributed by atoms with Gasteiger partial charge in [0.1, 0.15) is 0 Å². The van der Waals surface area contributed by atoms with Gasteiger partial charge in [0.05, 0.1) is 17.7 Å². The van der Waals surface area contributed by atoms with Gasteiger partial charge in [0.2, 0.25) is 0 Å². The maximum absolute atomic E-state index is 6.42. The highest BCUT2D eigenvalue weighted by molar-refractivity contribution is 5.24. The van der Waals surface area contributed by atoms with Gasteiger partial charge in [0.15, 0.2) is 0 Å². The molecule has 1 aliphatic heterocycles. The average Bonchev–Trinajstić information content (AvgIpc) is 2.83. The molecule has 2 aliphatic carbocycles. The van der Waals surface area contributed by atoms with Gasteiger partial charge in [-0.2, -0.15) is 0 Å². The van der Waals surface area contributed by atoms with Crippen LogP contribution in [0.15, 0.2) is 0 Å². The van der Waals surface area contributed by atoms with E-state index in [-0.39, 0.29) is 11.1 Å². The Bertz CT molecular complexity index is 243. The molecule has 2 unspecified atom stereocenters. The molecule has 80 valence electrons. The molecule has 3 aliphatic rings. The third kappa shape index (κ3) is 0.989. The first kappa shape index (κ1) is 9.17. The molecule has 0 bridgehead atoms. The summed E-state index contributed by atoms with van der Waals surface area (Å²) in [5.74, 6) is 1.63. The largest absolute Gasteiger partial charge is 0.373 e. The van der Waals surface area contributed by atoms with Crippen LogP contribution >= 0.6 is 0 Å². The quantitative estimate of drug-likeness (QED) is 0.695. The van der Waals surface area contributed by atoms with E-state index in [1.165, 1.54) is 38.5 Å². The number of fused-ring (bicyclic) bond motifs is 2. The van der Waals surface area contributed by atoms with Crippen LogP contribution in [0, 0.1) is 11.8 Å². The van der Waals surface area contributed by atoms with Crippen molar-refractivity contribution < 1.29 is 4.74 Å². The van der Waals surface area contributed by atoms with Gasteiger partial charge in [0.25, 0.3) is 0 Å². The van der Waals surface area contributed by atoms with Crippen molar-refractivity contribution in [2.45, 2.75) is 56.6 Å². The van der Waals surface area contributed by atoms with Crippen molar-refractivity contribution in [3.63, 3.8) is 0 Å². The zero-order valence-corrected chi connectivity index (χ0v) is 9.09. The molecule has 0 amide bonds. The molecule has 0 aromatic rings. The molecule has 3 rings (SSSR count). The van der Waals surface area contributed by atoms with E-state index in [1.807, 2.05) is 0 Å². The van der Waals surface area contributed by atoms with Gasteiger partial charge in [-0.1, -0.05) is 13.3 Å². The van der Waals surface area contributed by atoms with Crippen molar-refractivity contribution in [1.29, 1.82) is 0 Å². The monoisotopic (exact) mass is 195 g/mol. The lowest BCUT2D eigenvalue weighted by atomic mass is 9.73. The summed E-state index contributed by atoms with van der Waals surface area (Å²) in [6, 6.07) is 0. The Morgan fingerprint density at radius 2 is 2.07 bits per heavy atom. The lowest BCUT2D eigenvalue weighted by molar-refractivity contribution is -0.0670. The fourth-order valence-electron chi connectivity index (χ4n) is 3.67. The molecule has 2 heteroatoms. The maximum atomic E-state index is 6.42. The molecule has 1 saturated heterocycles. The second-order valence-electron chi connectivity index (χ2n) is 5.60. The van der Waals surface area contributed by atoms with E-state index in [0.717, 1.165) is 12.5 Å². The number of ether oxygens (including phenoxy) is 1. The second-order valence-corrected chi connectivity index (χ2v) is 5.60. The smallest absolute Gasteiger partial charge is 0.0865 e. The van der Waals surface area contributed by atoms with Crippen LogP contribution in [0.1, 0.15) is 45.4 Å². The minimum atomic E-state index is 0.0890. The molecule has 2 saturated carbocycles. The summed E-state index contributed by atoms with van der Waals surface area (Å²) in [4.78, 5) is 0. The summed E-state index contributed by atoms with van der Waals surface area (Å²) in [6.45, 7) is 3.24. The van der Waals surface area contributed by atoms with Crippen LogP contribution in [0.4, 0.5) is 0 Å². The molecule has 2 N–H and O–H groups in total. The molecular formula is C12H21NO. The molecule has 1 heterocycles. The van der Waals surface area contributed by atoms with Gasteiger partial charge < -0.3 is 10.5 Å². The van der Waals surface area contributed by atoms with E-state index in [9.17, 15) is 0 Å². The minimum Gasteiger partial charge on any atom is -0.373 e. The van der Waals surface area contributed by atoms with Crippen LogP contribution < -0.4 is 5.73 Å². The summed E-state index contributed by atoms with van der Waals surface area (Å²) >= 11 is 0. The van der Waals surface area contributed by atoms with Crippen LogP contribution in [-0.2, 0) is 4.74 Å². The summed E-state index contributed by atoms with van der Waals surface area (Å²) in [7, 11) is 0. The predicted octanol–water partition coefficient (Wildman–Crippen LogP) is 2.07. The normalized spacial score (nSPS) is 56.1. The maximum Gasteiger partial charge on any atom is 0.0865 e. The van der Waals surface area contributed by atoms with Crippen LogP contribution in [0.5, 0.6) is 0 Å². The Balaban J connectivity index is 1.74. The summed E-state index contributed by atoms with van der Waals surface area (Å²) in [5, 5.41) is 0. The topological polar surface area (TPSA) is 35.2 Å². The molecule has 2 nitrogen and oxygen atoms in total. The van der Waals surface area contributed by atoms with Gasteiger partial charge in [-0.15, -0.1) is 0 Å². The van der Waals surface area contributed by atoms with Crippen molar-refractivity contribution in [3.05, 3.63) is 0 Å². The van der Waals surface area contributed by atoms with E-state index in [2.05, 4.69) is 6.92 Å². The number of hydrogen-bond donors (Lipinski definition) is 1. The van der Waals surface area contributed by atoms with E-state index in [0.29, 0.717) is 5.92 Å². The molecular weight excluding hydrogens is 174 g/mol. The van der Waals surface area contributed by atoms with Gasteiger partial charge in [0, 0.05) is 5.92 Å². The van der Waals surface area contributed by atoms with Crippen molar-refractivity contribution in [2.24, 2.45) is 17.6 Å². The Morgan fingerprint density at radius 1 is 1.36 bits per heavy atom. The fraction of sp³-hybridized carbons (Fsp3) is 1.00. The molecule has 0 aromatic carbocycles. The molecule has 2 atom stereocenters. The van der Waals surface area contributed by atoms with E-state index < -0.39 is 0 Å². The third-order valence-electron chi connectivity index (χ3n) is 5.05. The highest BCUT2D eigenvalue weighted by Crippen LogP contribution is 2.61. The van der Waals surface area contributed by atoms with Crippen LogP contribution in [0.25, 0.3) is 0 Å². The highest BCUT2D eigenvalue weighted by atomic mass is 16.5. The minimum absolute atomic E-state index is 0.0890. The summed E-state index contributed by atoms with van der Waals surface area (Å²) in [6.07, 6.45) is 7.67. The van der Waals surface area contributed by atoms with Crippen LogP contribution in [-0.4, -0.2) is 17.7 Å². The first-order valence-electron chi connectivity index (χ1n) is 6.13. The standard InChI is InChI=1S/C12H21NO/c1-2-9-3-5-11(6-4-9)12(13)7-10(12)8-14-11/h9-10H,2-8,13H2,1H3. The molecule has 14 heavy (non-hydrogen) atoms. The molecule has 0 radical (unpaired) electrons. The van der Waals surface area contributed by atoms with Gasteiger partial charge in [-0.05, 0) is 38.0 Å². The number of rotatable bonds is 1. The molecule has 0 aromatic heterocycles.